The normalized spacial score (nSPS) is 13.2. The number of unbranched alkanes of at least 4 members (excludes halogenated alkanes) is 18. The molecule has 0 saturated carbocycles. The van der Waals surface area contributed by atoms with Crippen molar-refractivity contribution in [3.05, 3.63) is 122 Å². The first kappa shape index (κ1) is 60.3. The van der Waals surface area contributed by atoms with Gasteiger partial charge in [0.15, 0.2) is 6.10 Å². The van der Waals surface area contributed by atoms with Crippen molar-refractivity contribution in [2.75, 3.05) is 13.2 Å². The SMILES string of the molecule is CC/C=C\C/C=C\C/C=C\C/C=C\C/C=C\C/C=C\C/C=C\CCCC(=O)OC(CO)COC(=O)CCCCCCCCCCCCCC/C=C\C/C=C\C/C=C\CCCCCCC. The fourth-order valence-electron chi connectivity index (χ4n) is 6.84. The molecule has 0 bridgehead atoms. The fourth-order valence-corrected chi connectivity index (χ4v) is 6.84. The van der Waals surface area contributed by atoms with E-state index >= 15 is 0 Å². The molecule has 0 saturated heterocycles. The minimum absolute atomic E-state index is 0.0976. The second-order valence-corrected chi connectivity index (χ2v) is 16.9. The van der Waals surface area contributed by atoms with Crippen LogP contribution in [0, 0.1) is 0 Å². The van der Waals surface area contributed by atoms with Gasteiger partial charge in [-0.15, -0.1) is 0 Å². The van der Waals surface area contributed by atoms with Gasteiger partial charge in [-0.25, -0.2) is 0 Å². The van der Waals surface area contributed by atoms with Crippen molar-refractivity contribution in [1.82, 2.24) is 0 Å². The quantitative estimate of drug-likeness (QED) is 0.0375. The molecule has 0 amide bonds. The smallest absolute Gasteiger partial charge is 0.306 e. The van der Waals surface area contributed by atoms with Crippen LogP contribution in [0.2, 0.25) is 0 Å². The number of carbonyl (C=O) groups excluding carboxylic acids is 2. The number of esters is 2. The lowest BCUT2D eigenvalue weighted by molar-refractivity contribution is -0.161. The summed E-state index contributed by atoms with van der Waals surface area (Å²) in [5.74, 6) is -0.669. The Morgan fingerprint density at radius 2 is 0.688 bits per heavy atom. The second kappa shape index (κ2) is 53.6. The van der Waals surface area contributed by atoms with Crippen LogP contribution in [0.15, 0.2) is 122 Å². The lowest BCUT2D eigenvalue weighted by atomic mass is 10.0. The van der Waals surface area contributed by atoms with Crippen LogP contribution in [0.1, 0.15) is 219 Å². The monoisotopic (exact) mass is 885 g/mol. The Morgan fingerprint density at radius 1 is 0.375 bits per heavy atom. The average Bonchev–Trinajstić information content (AvgIpc) is 3.30. The van der Waals surface area contributed by atoms with Crippen LogP contribution >= 0.6 is 0 Å². The Morgan fingerprint density at radius 3 is 1.06 bits per heavy atom. The summed E-state index contributed by atoms with van der Waals surface area (Å²) in [5.41, 5.74) is 0. The maximum absolute atomic E-state index is 12.2. The number of ether oxygens (including phenoxy) is 2. The zero-order chi connectivity index (χ0) is 46.3. The summed E-state index contributed by atoms with van der Waals surface area (Å²) in [4.78, 5) is 24.4. The van der Waals surface area contributed by atoms with E-state index in [1.807, 2.05) is 0 Å². The van der Waals surface area contributed by atoms with Gasteiger partial charge in [0.2, 0.25) is 0 Å². The molecule has 362 valence electrons. The number of aliphatic hydroxyl groups excluding tert-OH is 1. The number of allylic oxidation sites excluding steroid dienone is 20. The molecule has 0 aliphatic rings. The molecule has 0 fully saturated rings. The van der Waals surface area contributed by atoms with E-state index in [2.05, 4.69) is 135 Å². The Kier molecular flexibility index (Phi) is 50.5. The zero-order valence-electron chi connectivity index (χ0n) is 41.2. The van der Waals surface area contributed by atoms with Gasteiger partial charge in [-0.1, -0.05) is 225 Å². The largest absolute Gasteiger partial charge is 0.462 e. The molecule has 0 aliphatic heterocycles. The van der Waals surface area contributed by atoms with Crippen LogP contribution in [-0.4, -0.2) is 36.4 Å². The number of carbonyl (C=O) groups is 2. The van der Waals surface area contributed by atoms with Crippen molar-refractivity contribution in [3.8, 4) is 0 Å². The van der Waals surface area contributed by atoms with Crippen LogP contribution in [0.3, 0.4) is 0 Å². The van der Waals surface area contributed by atoms with Crippen molar-refractivity contribution in [2.24, 2.45) is 0 Å². The summed E-state index contributed by atoms with van der Waals surface area (Å²) in [6, 6.07) is 0. The number of hydrogen-bond donors (Lipinski definition) is 1. The lowest BCUT2D eigenvalue weighted by Crippen LogP contribution is -2.28. The van der Waals surface area contributed by atoms with Crippen LogP contribution in [0.25, 0.3) is 0 Å². The van der Waals surface area contributed by atoms with Crippen LogP contribution in [0.5, 0.6) is 0 Å². The van der Waals surface area contributed by atoms with Gasteiger partial charge >= 0.3 is 11.9 Å². The van der Waals surface area contributed by atoms with E-state index < -0.39 is 6.10 Å². The number of aliphatic hydroxyl groups is 1. The maximum atomic E-state index is 12.2. The fraction of sp³-hybridized carbons (Fsp3) is 0.627. The molecular formula is C59H96O5. The third-order valence-electron chi connectivity index (χ3n) is 10.7. The van der Waals surface area contributed by atoms with E-state index in [-0.39, 0.29) is 31.6 Å². The van der Waals surface area contributed by atoms with Gasteiger partial charge in [0.05, 0.1) is 6.61 Å². The Balaban J connectivity index is 3.63. The molecule has 1 unspecified atom stereocenters. The summed E-state index contributed by atoms with van der Waals surface area (Å²) in [7, 11) is 0. The predicted octanol–water partition coefficient (Wildman–Crippen LogP) is 17.5. The highest BCUT2D eigenvalue weighted by Crippen LogP contribution is 2.14. The van der Waals surface area contributed by atoms with E-state index in [9.17, 15) is 14.7 Å². The summed E-state index contributed by atoms with van der Waals surface area (Å²) < 4.78 is 10.6. The Bertz CT molecular complexity index is 1320. The molecule has 5 heteroatoms. The second-order valence-electron chi connectivity index (χ2n) is 16.9. The van der Waals surface area contributed by atoms with Gasteiger partial charge in [0.25, 0.3) is 0 Å². The van der Waals surface area contributed by atoms with Gasteiger partial charge in [-0.05, 0) is 103 Å². The van der Waals surface area contributed by atoms with E-state index in [1.165, 1.54) is 103 Å². The maximum Gasteiger partial charge on any atom is 0.306 e. The topological polar surface area (TPSA) is 72.8 Å². The molecule has 0 rings (SSSR count). The summed E-state index contributed by atoms with van der Waals surface area (Å²) in [6.07, 6.45) is 78.7. The van der Waals surface area contributed by atoms with Crippen molar-refractivity contribution in [2.45, 2.75) is 225 Å². The Labute approximate surface area is 394 Å². The standard InChI is InChI=1S/C59H96O5/c1-3-5-7-9-11-13-15-17-19-21-23-25-27-28-29-30-32-33-35-37-39-41-43-45-47-49-51-53-58(61)63-56-57(55-60)64-59(62)54-52-50-48-46-44-42-40-38-36-34-31-26-24-22-20-18-16-14-12-10-8-6-4-2/h6,8,12,14-15,17-18,20-21,23-24,26-28,34,36,40,42,46,48,57,60H,3-5,7,9-11,13,16,19,22,25,29-33,35,37-39,41,43-45,47,49-56H2,1-2H3/b8-6-,14-12-,17-15-,20-18-,23-21-,26-24-,28-27-,36-34-,42-40-,48-46-. The summed E-state index contributed by atoms with van der Waals surface area (Å²) >= 11 is 0. The first-order valence-corrected chi connectivity index (χ1v) is 26.1. The molecule has 0 heterocycles. The molecule has 1 N–H and O–H groups in total. The highest BCUT2D eigenvalue weighted by atomic mass is 16.6. The highest BCUT2D eigenvalue weighted by Gasteiger charge is 2.16. The molecule has 0 aromatic rings. The van der Waals surface area contributed by atoms with Gasteiger partial charge < -0.3 is 14.6 Å². The minimum atomic E-state index is -0.813. The molecule has 64 heavy (non-hydrogen) atoms. The first-order chi connectivity index (χ1) is 31.6. The molecule has 0 aromatic heterocycles. The molecule has 1 atom stereocenters. The molecule has 0 aromatic carbocycles. The van der Waals surface area contributed by atoms with Crippen LogP contribution < -0.4 is 0 Å². The van der Waals surface area contributed by atoms with Crippen LogP contribution in [-0.2, 0) is 19.1 Å². The molecule has 0 aliphatic carbocycles. The van der Waals surface area contributed by atoms with Crippen molar-refractivity contribution in [3.63, 3.8) is 0 Å². The van der Waals surface area contributed by atoms with Crippen molar-refractivity contribution in [1.29, 1.82) is 0 Å². The van der Waals surface area contributed by atoms with Crippen LogP contribution in [0.4, 0.5) is 0 Å². The number of rotatable bonds is 46. The third-order valence-corrected chi connectivity index (χ3v) is 10.7. The first-order valence-electron chi connectivity index (χ1n) is 26.1. The van der Waals surface area contributed by atoms with Gasteiger partial charge in [0.1, 0.15) is 6.61 Å². The molecule has 5 nitrogen and oxygen atoms in total. The molecule has 0 radical (unpaired) electrons. The molecular weight excluding hydrogens is 789 g/mol. The van der Waals surface area contributed by atoms with Crippen molar-refractivity contribution >= 4 is 11.9 Å². The average molecular weight is 885 g/mol. The van der Waals surface area contributed by atoms with Crippen molar-refractivity contribution < 1.29 is 24.2 Å². The summed E-state index contributed by atoms with van der Waals surface area (Å²) in [5, 5.41) is 9.62. The van der Waals surface area contributed by atoms with E-state index in [1.54, 1.807) is 0 Å². The lowest BCUT2D eigenvalue weighted by Gasteiger charge is -2.15. The van der Waals surface area contributed by atoms with E-state index in [4.69, 9.17) is 9.47 Å². The third kappa shape index (κ3) is 50.9. The molecule has 0 spiro atoms. The van der Waals surface area contributed by atoms with E-state index in [0.717, 1.165) is 83.5 Å². The van der Waals surface area contributed by atoms with Gasteiger partial charge in [-0.3, -0.25) is 9.59 Å². The zero-order valence-corrected chi connectivity index (χ0v) is 41.2. The predicted molar refractivity (Wildman–Crippen MR) is 278 cm³/mol. The summed E-state index contributed by atoms with van der Waals surface area (Å²) in [6.45, 7) is 3.96. The minimum Gasteiger partial charge on any atom is -0.462 e. The number of hydrogen-bond acceptors (Lipinski definition) is 5. The van der Waals surface area contributed by atoms with Gasteiger partial charge in [-0.2, -0.15) is 0 Å². The van der Waals surface area contributed by atoms with E-state index in [0.29, 0.717) is 12.8 Å². The Hall–Kier alpha value is -3.70. The van der Waals surface area contributed by atoms with Gasteiger partial charge in [0, 0.05) is 12.8 Å². The highest BCUT2D eigenvalue weighted by molar-refractivity contribution is 5.70.